The van der Waals surface area contributed by atoms with Gasteiger partial charge in [0.2, 0.25) is 5.88 Å². The maximum Gasteiger partial charge on any atom is 0.319 e. The highest BCUT2D eigenvalue weighted by Crippen LogP contribution is 2.17. The van der Waals surface area contributed by atoms with Crippen LogP contribution in [0.15, 0.2) is 0 Å². The molecule has 0 saturated heterocycles. The summed E-state index contributed by atoms with van der Waals surface area (Å²) in [5.41, 5.74) is 1.42. The smallest absolute Gasteiger partial charge is 0.319 e. The van der Waals surface area contributed by atoms with Crippen LogP contribution in [-0.4, -0.2) is 22.2 Å². The molecule has 1 rings (SSSR count). The average Bonchev–Trinajstić information content (AvgIpc) is 1.99. The van der Waals surface area contributed by atoms with Gasteiger partial charge in [-0.1, -0.05) is 0 Å². The van der Waals surface area contributed by atoms with Crippen LogP contribution >= 0.6 is 0 Å². The van der Waals surface area contributed by atoms with Crippen molar-refractivity contribution in [3.63, 3.8) is 0 Å². The van der Waals surface area contributed by atoms with Crippen LogP contribution in [0.2, 0.25) is 0 Å². The van der Waals surface area contributed by atoms with Gasteiger partial charge in [0.15, 0.2) is 0 Å². The number of aryl methyl sites for hydroxylation is 1. The van der Waals surface area contributed by atoms with E-state index in [0.29, 0.717) is 5.56 Å². The van der Waals surface area contributed by atoms with Gasteiger partial charge in [-0.2, -0.15) is 4.98 Å². The van der Waals surface area contributed by atoms with Gasteiger partial charge in [-0.25, -0.2) is 4.98 Å². The lowest BCUT2D eigenvalue weighted by Gasteiger charge is -2.03. The third-order valence-corrected chi connectivity index (χ3v) is 1.53. The first-order valence-corrected chi connectivity index (χ1v) is 3.23. The van der Waals surface area contributed by atoms with E-state index < -0.39 is 0 Å². The molecule has 0 aliphatic carbocycles. The van der Waals surface area contributed by atoms with E-state index in [1.807, 2.05) is 0 Å². The van der Waals surface area contributed by atoms with Gasteiger partial charge in [0.25, 0.3) is 0 Å². The van der Waals surface area contributed by atoms with Crippen molar-refractivity contribution in [2.45, 2.75) is 13.8 Å². The average molecular weight is 154 g/mol. The molecule has 4 nitrogen and oxygen atoms in total. The maximum atomic E-state index is 9.18. The van der Waals surface area contributed by atoms with Crippen LogP contribution in [0, 0.1) is 13.8 Å². The number of methoxy groups -OCH3 is 1. The zero-order valence-corrected chi connectivity index (χ0v) is 6.75. The molecule has 4 heteroatoms. The van der Waals surface area contributed by atoms with Crippen molar-refractivity contribution in [2.75, 3.05) is 7.11 Å². The second-order valence-corrected chi connectivity index (χ2v) is 2.24. The van der Waals surface area contributed by atoms with Crippen molar-refractivity contribution in [3.8, 4) is 11.9 Å². The summed E-state index contributed by atoms with van der Waals surface area (Å²) in [6.45, 7) is 3.54. The first-order valence-electron chi connectivity index (χ1n) is 3.23. The van der Waals surface area contributed by atoms with Crippen LogP contribution in [0.25, 0.3) is 0 Å². The van der Waals surface area contributed by atoms with Crippen LogP contribution in [0.5, 0.6) is 11.9 Å². The zero-order valence-electron chi connectivity index (χ0n) is 6.75. The quantitative estimate of drug-likeness (QED) is 0.650. The monoisotopic (exact) mass is 154 g/mol. The number of ether oxygens (including phenoxy) is 1. The molecule has 0 aromatic carbocycles. The van der Waals surface area contributed by atoms with E-state index in [4.69, 9.17) is 4.74 Å². The lowest BCUT2D eigenvalue weighted by atomic mass is 10.3. The fourth-order valence-corrected chi connectivity index (χ4v) is 0.680. The molecule has 60 valence electrons. The molecule has 1 aromatic rings. The van der Waals surface area contributed by atoms with E-state index in [2.05, 4.69) is 9.97 Å². The van der Waals surface area contributed by atoms with Crippen LogP contribution in [0.1, 0.15) is 11.3 Å². The molecule has 0 spiro atoms. The highest BCUT2D eigenvalue weighted by atomic mass is 16.5. The Hall–Kier alpha value is -1.32. The Morgan fingerprint density at radius 3 is 2.36 bits per heavy atom. The second kappa shape index (κ2) is 2.74. The van der Waals surface area contributed by atoms with Crippen molar-refractivity contribution in [1.29, 1.82) is 0 Å². The molecule has 0 aliphatic heterocycles. The van der Waals surface area contributed by atoms with Crippen molar-refractivity contribution in [2.24, 2.45) is 0 Å². The zero-order chi connectivity index (χ0) is 8.43. The largest absolute Gasteiger partial charge is 0.493 e. The minimum atomic E-state index is -0.0191. The summed E-state index contributed by atoms with van der Waals surface area (Å²) < 4.78 is 4.75. The second-order valence-electron chi connectivity index (χ2n) is 2.24. The summed E-state index contributed by atoms with van der Waals surface area (Å²) in [6.07, 6.45) is 0. The molecule has 11 heavy (non-hydrogen) atoms. The van der Waals surface area contributed by atoms with E-state index in [1.165, 1.54) is 7.11 Å². The number of aromatic hydroxyl groups is 1. The Kier molecular flexibility index (Phi) is 1.94. The summed E-state index contributed by atoms with van der Waals surface area (Å²) >= 11 is 0. The number of hydrogen-bond donors (Lipinski definition) is 1. The van der Waals surface area contributed by atoms with E-state index in [-0.39, 0.29) is 11.9 Å². The Morgan fingerprint density at radius 1 is 1.27 bits per heavy atom. The molecule has 1 heterocycles. The molecular formula is C7H10N2O2. The molecule has 0 fully saturated rings. The van der Waals surface area contributed by atoms with Crippen molar-refractivity contribution < 1.29 is 9.84 Å². The molecule has 0 amide bonds. The fourth-order valence-electron chi connectivity index (χ4n) is 0.680. The highest BCUT2D eigenvalue weighted by Gasteiger charge is 2.05. The van der Waals surface area contributed by atoms with Crippen LogP contribution in [-0.2, 0) is 0 Å². The van der Waals surface area contributed by atoms with Gasteiger partial charge in [0.05, 0.1) is 12.8 Å². The van der Waals surface area contributed by atoms with Gasteiger partial charge < -0.3 is 9.84 Å². The fraction of sp³-hybridized carbons (Fsp3) is 0.429. The molecule has 0 radical (unpaired) electrons. The summed E-state index contributed by atoms with van der Waals surface area (Å²) in [5, 5.41) is 9.18. The molecule has 0 atom stereocenters. The summed E-state index contributed by atoms with van der Waals surface area (Å²) in [4.78, 5) is 7.63. The first kappa shape index (κ1) is 7.78. The van der Waals surface area contributed by atoms with Gasteiger partial charge in [0, 0.05) is 5.56 Å². The molecular weight excluding hydrogens is 144 g/mol. The van der Waals surface area contributed by atoms with E-state index in [9.17, 15) is 5.11 Å². The standard InChI is InChI=1S/C7H10N2O2/c1-4-5(2)8-7(11-3)9-6(4)10/h1-3H3,(H,8,9,10). The minimum Gasteiger partial charge on any atom is -0.493 e. The SMILES string of the molecule is COc1nc(C)c(C)c(O)n1. The van der Waals surface area contributed by atoms with Crippen molar-refractivity contribution >= 4 is 0 Å². The lowest BCUT2D eigenvalue weighted by molar-refractivity contribution is 0.360. The first-order chi connectivity index (χ1) is 5.15. The normalized spacial score (nSPS) is 9.73. The van der Waals surface area contributed by atoms with Gasteiger partial charge in [-0.05, 0) is 13.8 Å². The van der Waals surface area contributed by atoms with Crippen LogP contribution in [0.3, 0.4) is 0 Å². The lowest BCUT2D eigenvalue weighted by Crippen LogP contribution is -1.96. The van der Waals surface area contributed by atoms with Crippen LogP contribution < -0.4 is 4.74 Å². The topological polar surface area (TPSA) is 55.2 Å². The highest BCUT2D eigenvalue weighted by molar-refractivity contribution is 5.28. The van der Waals surface area contributed by atoms with E-state index >= 15 is 0 Å². The minimum absolute atomic E-state index is 0.0191. The number of rotatable bonds is 1. The Labute approximate surface area is 64.9 Å². The van der Waals surface area contributed by atoms with E-state index in [1.54, 1.807) is 13.8 Å². The Bertz CT molecular complexity index is 250. The molecule has 0 aliphatic rings. The number of nitrogens with zero attached hydrogens (tertiary/aromatic N) is 2. The number of hydrogen-bond acceptors (Lipinski definition) is 4. The predicted octanol–water partition coefficient (Wildman–Crippen LogP) is 0.808. The Morgan fingerprint density at radius 2 is 1.91 bits per heavy atom. The number of aromatic nitrogens is 2. The molecule has 0 saturated carbocycles. The molecule has 0 unspecified atom stereocenters. The summed E-state index contributed by atoms with van der Waals surface area (Å²) in [6, 6.07) is 0.200. The maximum absolute atomic E-state index is 9.18. The van der Waals surface area contributed by atoms with Gasteiger partial charge in [-0.15, -0.1) is 0 Å². The van der Waals surface area contributed by atoms with Crippen molar-refractivity contribution in [3.05, 3.63) is 11.3 Å². The Balaban J connectivity index is 3.21. The van der Waals surface area contributed by atoms with Gasteiger partial charge >= 0.3 is 6.01 Å². The molecule has 1 aromatic heterocycles. The van der Waals surface area contributed by atoms with Gasteiger partial charge in [0.1, 0.15) is 0 Å². The third-order valence-electron chi connectivity index (χ3n) is 1.53. The van der Waals surface area contributed by atoms with E-state index in [0.717, 1.165) is 5.69 Å². The summed E-state index contributed by atoms with van der Waals surface area (Å²) in [7, 11) is 1.46. The van der Waals surface area contributed by atoms with Crippen LogP contribution in [0.4, 0.5) is 0 Å². The molecule has 0 bridgehead atoms. The molecule has 1 N–H and O–H groups in total. The van der Waals surface area contributed by atoms with Crippen molar-refractivity contribution in [1.82, 2.24) is 9.97 Å². The summed E-state index contributed by atoms with van der Waals surface area (Å²) in [5.74, 6) is -0.0191. The third kappa shape index (κ3) is 1.39. The predicted molar refractivity (Wildman–Crippen MR) is 39.7 cm³/mol. The van der Waals surface area contributed by atoms with Gasteiger partial charge in [-0.3, -0.25) is 0 Å².